The molecule has 3 aromatic rings. The molecular formula is C22H27N4O2S+. The highest BCUT2D eigenvalue weighted by Crippen LogP contribution is 2.24. The van der Waals surface area contributed by atoms with Crippen molar-refractivity contribution >= 4 is 12.2 Å². The van der Waals surface area contributed by atoms with Crippen LogP contribution in [0, 0.1) is 18.6 Å². The Morgan fingerprint density at radius 2 is 1.72 bits per heavy atom. The summed E-state index contributed by atoms with van der Waals surface area (Å²) in [6, 6.07) is 16.3. The zero-order valence-electron chi connectivity index (χ0n) is 16.9. The van der Waals surface area contributed by atoms with E-state index in [1.807, 2.05) is 45.6 Å². The van der Waals surface area contributed by atoms with Crippen molar-refractivity contribution in [3.8, 4) is 11.4 Å². The van der Waals surface area contributed by atoms with Crippen LogP contribution in [0.3, 0.4) is 0 Å². The van der Waals surface area contributed by atoms with Crippen LogP contribution in [0.1, 0.15) is 17.0 Å². The van der Waals surface area contributed by atoms with Crippen LogP contribution in [-0.2, 0) is 18.0 Å². The second-order valence-electron chi connectivity index (χ2n) is 7.40. The molecule has 1 aliphatic heterocycles. The van der Waals surface area contributed by atoms with Gasteiger partial charge in [0.2, 0.25) is 4.77 Å². The average molecular weight is 412 g/mol. The van der Waals surface area contributed by atoms with E-state index in [9.17, 15) is 0 Å². The number of ether oxygens (including phenoxy) is 2. The number of aryl methyl sites for hydroxylation is 2. The monoisotopic (exact) mass is 411 g/mol. The van der Waals surface area contributed by atoms with Crippen LogP contribution < -0.4 is 9.64 Å². The largest absolute Gasteiger partial charge is 0.485 e. The molecule has 2 heterocycles. The fraction of sp³-hybridized carbons (Fsp3) is 0.364. The molecule has 1 N–H and O–H groups in total. The van der Waals surface area contributed by atoms with Crippen molar-refractivity contribution in [2.75, 3.05) is 26.3 Å². The van der Waals surface area contributed by atoms with Gasteiger partial charge in [0.05, 0.1) is 13.2 Å². The zero-order chi connectivity index (χ0) is 20.2. The Morgan fingerprint density at radius 3 is 2.41 bits per heavy atom. The maximum Gasteiger partial charge on any atom is 0.207 e. The molecule has 0 spiro atoms. The van der Waals surface area contributed by atoms with Crippen molar-refractivity contribution in [2.45, 2.75) is 27.1 Å². The van der Waals surface area contributed by atoms with E-state index < -0.39 is 0 Å². The standard InChI is InChI=1S/C22H26N4O2S/c1-17-7-6-8-18(2)21(17)28-15-20-23-25(16-24-11-13-27-14-12-24)22(29)26(20)19-9-4-3-5-10-19/h3-10H,11-16H2,1-2H3/p+1. The Morgan fingerprint density at radius 1 is 1.03 bits per heavy atom. The van der Waals surface area contributed by atoms with Gasteiger partial charge in [-0.3, -0.25) is 4.57 Å². The van der Waals surface area contributed by atoms with E-state index in [0.29, 0.717) is 11.4 Å². The lowest BCUT2D eigenvalue weighted by atomic mass is 10.1. The molecule has 0 aliphatic carbocycles. The molecule has 0 unspecified atom stereocenters. The zero-order valence-corrected chi connectivity index (χ0v) is 17.7. The summed E-state index contributed by atoms with van der Waals surface area (Å²) < 4.78 is 16.3. The van der Waals surface area contributed by atoms with Gasteiger partial charge in [0.15, 0.2) is 12.5 Å². The smallest absolute Gasteiger partial charge is 0.207 e. The molecule has 4 rings (SSSR count). The minimum atomic E-state index is 0.357. The molecule has 0 saturated carbocycles. The number of aromatic nitrogens is 3. The third-order valence-corrected chi connectivity index (χ3v) is 5.64. The molecule has 1 aromatic heterocycles. The van der Waals surface area contributed by atoms with E-state index in [1.54, 1.807) is 0 Å². The predicted octanol–water partition coefficient (Wildman–Crippen LogP) is 2.47. The molecule has 29 heavy (non-hydrogen) atoms. The first kappa shape index (κ1) is 19.8. The second-order valence-corrected chi connectivity index (χ2v) is 7.76. The summed E-state index contributed by atoms with van der Waals surface area (Å²) in [5, 5.41) is 4.84. The number of nitrogens with zero attached hydrogens (tertiary/aromatic N) is 3. The summed E-state index contributed by atoms with van der Waals surface area (Å²) in [7, 11) is 0. The summed E-state index contributed by atoms with van der Waals surface area (Å²) in [4.78, 5) is 1.42. The van der Waals surface area contributed by atoms with Gasteiger partial charge in [-0.25, -0.2) is 0 Å². The maximum absolute atomic E-state index is 6.20. The SMILES string of the molecule is Cc1cccc(C)c1OCc1nn(C[NH+]2CCOCC2)c(=S)n1-c1ccccc1. The predicted molar refractivity (Wildman–Crippen MR) is 114 cm³/mol. The van der Waals surface area contributed by atoms with Gasteiger partial charge >= 0.3 is 0 Å². The minimum absolute atomic E-state index is 0.357. The molecule has 2 aromatic carbocycles. The van der Waals surface area contributed by atoms with E-state index in [-0.39, 0.29) is 0 Å². The van der Waals surface area contributed by atoms with Crippen LogP contribution in [-0.4, -0.2) is 40.7 Å². The van der Waals surface area contributed by atoms with Gasteiger partial charge in [-0.15, -0.1) is 5.10 Å². The molecule has 1 fully saturated rings. The summed E-state index contributed by atoms with van der Waals surface area (Å²) in [5.41, 5.74) is 3.24. The number of benzene rings is 2. The van der Waals surface area contributed by atoms with Crippen LogP contribution in [0.4, 0.5) is 0 Å². The van der Waals surface area contributed by atoms with Crippen molar-refractivity contribution < 1.29 is 14.4 Å². The van der Waals surface area contributed by atoms with Crippen molar-refractivity contribution in [3.05, 3.63) is 70.3 Å². The topological polar surface area (TPSA) is 45.6 Å². The van der Waals surface area contributed by atoms with Crippen molar-refractivity contribution in [2.24, 2.45) is 0 Å². The Kier molecular flexibility index (Phi) is 6.08. The summed E-state index contributed by atoms with van der Waals surface area (Å²) >= 11 is 5.81. The Bertz CT molecular complexity index is 1000. The minimum Gasteiger partial charge on any atom is -0.485 e. The normalized spacial score (nSPS) is 14.8. The molecule has 7 heteroatoms. The van der Waals surface area contributed by atoms with Gasteiger partial charge in [-0.2, -0.15) is 4.68 Å². The summed E-state index contributed by atoms with van der Waals surface area (Å²) in [6.45, 7) is 8.71. The number of para-hydroxylation sites is 2. The third kappa shape index (κ3) is 4.42. The number of morpholine rings is 1. The highest BCUT2D eigenvalue weighted by Gasteiger charge is 2.19. The average Bonchev–Trinajstić information content (AvgIpc) is 3.04. The first-order valence-corrected chi connectivity index (χ1v) is 10.4. The van der Waals surface area contributed by atoms with Gasteiger partial charge in [-0.05, 0) is 49.3 Å². The number of rotatable bonds is 6. The third-order valence-electron chi connectivity index (χ3n) is 5.25. The van der Waals surface area contributed by atoms with E-state index in [4.69, 9.17) is 26.8 Å². The van der Waals surface area contributed by atoms with Crippen molar-refractivity contribution in [1.82, 2.24) is 14.3 Å². The Balaban J connectivity index is 1.65. The quantitative estimate of drug-likeness (QED) is 0.633. The molecular weight excluding hydrogens is 384 g/mol. The van der Waals surface area contributed by atoms with Crippen LogP contribution >= 0.6 is 12.2 Å². The number of quaternary nitrogens is 1. The van der Waals surface area contributed by atoms with E-state index in [1.165, 1.54) is 4.90 Å². The molecule has 0 amide bonds. The van der Waals surface area contributed by atoms with E-state index >= 15 is 0 Å². The summed E-state index contributed by atoms with van der Waals surface area (Å²) in [6.07, 6.45) is 0. The number of hydrogen-bond donors (Lipinski definition) is 1. The highest BCUT2D eigenvalue weighted by molar-refractivity contribution is 7.71. The number of hydrogen-bond acceptors (Lipinski definition) is 4. The van der Waals surface area contributed by atoms with E-state index in [2.05, 4.69) is 26.0 Å². The lowest BCUT2D eigenvalue weighted by molar-refractivity contribution is -0.930. The fourth-order valence-corrected chi connectivity index (χ4v) is 4.00. The van der Waals surface area contributed by atoms with Crippen LogP contribution in [0.5, 0.6) is 5.75 Å². The Labute approximate surface area is 176 Å². The highest BCUT2D eigenvalue weighted by atomic mass is 32.1. The first-order valence-electron chi connectivity index (χ1n) is 9.98. The molecule has 1 saturated heterocycles. The summed E-state index contributed by atoms with van der Waals surface area (Å²) in [5.74, 6) is 1.71. The van der Waals surface area contributed by atoms with Gasteiger partial charge in [-0.1, -0.05) is 36.4 Å². The molecule has 0 bridgehead atoms. The van der Waals surface area contributed by atoms with Crippen LogP contribution in [0.2, 0.25) is 0 Å². The number of nitrogens with one attached hydrogen (secondary N) is 1. The maximum atomic E-state index is 6.20. The van der Waals surface area contributed by atoms with E-state index in [0.717, 1.165) is 61.4 Å². The lowest BCUT2D eigenvalue weighted by Crippen LogP contribution is -3.13. The van der Waals surface area contributed by atoms with Crippen LogP contribution in [0.25, 0.3) is 5.69 Å². The fourth-order valence-electron chi connectivity index (χ4n) is 3.68. The van der Waals surface area contributed by atoms with Gasteiger partial charge < -0.3 is 14.4 Å². The Hall–Kier alpha value is -2.48. The van der Waals surface area contributed by atoms with Crippen molar-refractivity contribution in [1.29, 1.82) is 0 Å². The van der Waals surface area contributed by atoms with Crippen molar-refractivity contribution in [3.63, 3.8) is 0 Å². The first-order chi connectivity index (χ1) is 14.1. The molecule has 152 valence electrons. The van der Waals surface area contributed by atoms with Gasteiger partial charge in [0, 0.05) is 5.69 Å². The lowest BCUT2D eigenvalue weighted by Gasteiger charge is -2.23. The molecule has 1 aliphatic rings. The van der Waals surface area contributed by atoms with Gasteiger partial charge in [0.1, 0.15) is 25.4 Å². The van der Waals surface area contributed by atoms with Crippen LogP contribution in [0.15, 0.2) is 48.5 Å². The second kappa shape index (κ2) is 8.90. The molecule has 6 nitrogen and oxygen atoms in total. The molecule has 0 radical (unpaired) electrons. The molecule has 0 atom stereocenters. The van der Waals surface area contributed by atoms with Gasteiger partial charge in [0.25, 0.3) is 0 Å².